The van der Waals surface area contributed by atoms with Crippen molar-refractivity contribution in [1.82, 2.24) is 0 Å². The molecule has 0 atom stereocenters. The minimum atomic E-state index is -0.536. The second-order valence-corrected chi connectivity index (χ2v) is 8.06. The molecule has 0 spiro atoms. The number of carbonyl (C=O) groups is 2. The zero-order chi connectivity index (χ0) is 21.6. The van der Waals surface area contributed by atoms with Crippen LogP contribution in [0.1, 0.15) is 20.3 Å². The van der Waals surface area contributed by atoms with E-state index in [-0.39, 0.29) is 30.5 Å². The Hall–Kier alpha value is -3.05. The molecule has 3 aromatic carbocycles. The van der Waals surface area contributed by atoms with Crippen LogP contribution in [-0.4, -0.2) is 25.2 Å². The highest BCUT2D eigenvalue weighted by atomic mass is 32.2. The van der Waals surface area contributed by atoms with Crippen LogP contribution in [0.5, 0.6) is 0 Å². The van der Waals surface area contributed by atoms with Crippen LogP contribution in [-0.2, 0) is 30.0 Å². The SMILES string of the molecule is CCOC(=O)CC(=O)OCC.c1ccc([S+](c2ccccc2)c2ccccc2)cc1. The molecule has 0 bridgehead atoms. The maximum Gasteiger partial charge on any atom is 0.317 e. The smallest absolute Gasteiger partial charge is 0.317 e. The first kappa shape index (κ1) is 23.2. The predicted octanol–water partition coefficient (Wildman–Crippen LogP) is 5.28. The van der Waals surface area contributed by atoms with Crippen LogP contribution >= 0.6 is 0 Å². The number of rotatable bonds is 7. The van der Waals surface area contributed by atoms with Gasteiger partial charge in [-0.15, -0.1) is 0 Å². The van der Waals surface area contributed by atoms with E-state index in [1.54, 1.807) is 13.8 Å². The quantitative estimate of drug-likeness (QED) is 0.295. The molecule has 4 nitrogen and oxygen atoms in total. The van der Waals surface area contributed by atoms with Gasteiger partial charge < -0.3 is 9.47 Å². The first-order valence-electron chi connectivity index (χ1n) is 9.86. The van der Waals surface area contributed by atoms with E-state index < -0.39 is 11.9 Å². The fraction of sp³-hybridized carbons (Fsp3) is 0.200. The molecule has 0 aromatic heterocycles. The Morgan fingerprint density at radius 3 is 1.17 bits per heavy atom. The molecule has 0 aliphatic carbocycles. The molecule has 0 fully saturated rings. The van der Waals surface area contributed by atoms with Crippen molar-refractivity contribution in [3.05, 3.63) is 91.0 Å². The van der Waals surface area contributed by atoms with Gasteiger partial charge in [0.1, 0.15) is 6.42 Å². The molecule has 0 saturated carbocycles. The molecule has 30 heavy (non-hydrogen) atoms. The lowest BCUT2D eigenvalue weighted by atomic mass is 10.4. The first-order chi connectivity index (χ1) is 14.7. The van der Waals surface area contributed by atoms with Crippen molar-refractivity contribution in [3.8, 4) is 0 Å². The number of benzene rings is 3. The number of esters is 2. The van der Waals surface area contributed by atoms with Crippen LogP contribution in [0, 0.1) is 0 Å². The van der Waals surface area contributed by atoms with Gasteiger partial charge in [0.05, 0.1) is 24.1 Å². The number of hydrogen-bond acceptors (Lipinski definition) is 4. The van der Waals surface area contributed by atoms with E-state index in [1.807, 2.05) is 0 Å². The van der Waals surface area contributed by atoms with Crippen molar-refractivity contribution < 1.29 is 19.1 Å². The van der Waals surface area contributed by atoms with Crippen molar-refractivity contribution in [2.24, 2.45) is 0 Å². The van der Waals surface area contributed by atoms with Gasteiger partial charge in [-0.25, -0.2) is 0 Å². The fourth-order valence-corrected chi connectivity index (χ4v) is 4.72. The van der Waals surface area contributed by atoms with Crippen LogP contribution in [0.3, 0.4) is 0 Å². The second-order valence-electron chi connectivity index (χ2n) is 6.03. The Balaban J connectivity index is 0.000000252. The number of hydrogen-bond donors (Lipinski definition) is 0. The van der Waals surface area contributed by atoms with E-state index in [1.165, 1.54) is 14.7 Å². The van der Waals surface area contributed by atoms with E-state index in [9.17, 15) is 9.59 Å². The summed E-state index contributed by atoms with van der Waals surface area (Å²) in [6.07, 6.45) is -0.290. The lowest BCUT2D eigenvalue weighted by Crippen LogP contribution is -2.13. The molecule has 0 aliphatic rings. The summed E-state index contributed by atoms with van der Waals surface area (Å²) in [6.45, 7) is 3.95. The van der Waals surface area contributed by atoms with Gasteiger partial charge in [0, 0.05) is 0 Å². The van der Waals surface area contributed by atoms with Crippen molar-refractivity contribution >= 4 is 22.8 Å². The summed E-state index contributed by atoms with van der Waals surface area (Å²) in [5.74, 6) is -1.07. The van der Waals surface area contributed by atoms with E-state index >= 15 is 0 Å². The Kier molecular flexibility index (Phi) is 10.2. The third kappa shape index (κ3) is 7.76. The summed E-state index contributed by atoms with van der Waals surface area (Å²) in [6, 6.07) is 32.2. The third-order valence-electron chi connectivity index (χ3n) is 3.84. The number of ether oxygens (including phenoxy) is 2. The van der Waals surface area contributed by atoms with Crippen LogP contribution in [0.4, 0.5) is 0 Å². The van der Waals surface area contributed by atoms with Crippen molar-refractivity contribution in [1.29, 1.82) is 0 Å². The largest absolute Gasteiger partial charge is 0.466 e. The standard InChI is InChI=1S/C18H15S.C7H12O4/c1-4-10-16(11-5-1)19(17-12-6-2-7-13-17)18-14-8-3-9-15-18;1-3-10-6(8)5-7(9)11-4-2/h1-15H;3-5H2,1-2H3/q+1;. The summed E-state index contributed by atoms with van der Waals surface area (Å²) in [5, 5.41) is 0. The molecule has 0 heterocycles. The van der Waals surface area contributed by atoms with Crippen LogP contribution < -0.4 is 0 Å². The topological polar surface area (TPSA) is 52.6 Å². The Morgan fingerprint density at radius 2 is 0.900 bits per heavy atom. The van der Waals surface area contributed by atoms with E-state index in [2.05, 4.69) is 100 Å². The molecular weight excluding hydrogens is 396 g/mol. The first-order valence-corrected chi connectivity index (χ1v) is 11.1. The van der Waals surface area contributed by atoms with Crippen molar-refractivity contribution in [2.45, 2.75) is 35.0 Å². The minimum absolute atomic E-state index is 0.0146. The van der Waals surface area contributed by atoms with Crippen molar-refractivity contribution in [2.75, 3.05) is 13.2 Å². The summed E-state index contributed by atoms with van der Waals surface area (Å²) >= 11 is 0. The van der Waals surface area contributed by atoms with Crippen LogP contribution in [0.15, 0.2) is 106 Å². The molecule has 156 valence electrons. The molecule has 0 saturated heterocycles. The highest BCUT2D eigenvalue weighted by Gasteiger charge is 2.27. The summed E-state index contributed by atoms with van der Waals surface area (Å²) < 4.78 is 9.04. The van der Waals surface area contributed by atoms with E-state index in [4.69, 9.17) is 0 Å². The van der Waals surface area contributed by atoms with Gasteiger partial charge in [-0.2, -0.15) is 0 Å². The van der Waals surface area contributed by atoms with Gasteiger partial charge >= 0.3 is 11.9 Å². The third-order valence-corrected chi connectivity index (χ3v) is 6.07. The van der Waals surface area contributed by atoms with E-state index in [0.717, 1.165) is 0 Å². The van der Waals surface area contributed by atoms with Gasteiger partial charge in [-0.3, -0.25) is 9.59 Å². The lowest BCUT2D eigenvalue weighted by Gasteiger charge is -2.07. The molecule has 0 radical (unpaired) electrons. The molecule has 0 unspecified atom stereocenters. The van der Waals surface area contributed by atoms with Crippen LogP contribution in [0.2, 0.25) is 0 Å². The van der Waals surface area contributed by atoms with Gasteiger partial charge in [0.15, 0.2) is 14.7 Å². The molecule has 3 aromatic rings. The molecule has 0 N–H and O–H groups in total. The molecule has 3 rings (SSSR count). The second kappa shape index (κ2) is 13.2. The maximum atomic E-state index is 10.6. The van der Waals surface area contributed by atoms with Gasteiger partial charge in [0.2, 0.25) is 0 Å². The number of carbonyl (C=O) groups excluding carboxylic acids is 2. The zero-order valence-electron chi connectivity index (χ0n) is 17.3. The lowest BCUT2D eigenvalue weighted by molar-refractivity contribution is -0.153. The predicted molar refractivity (Wildman–Crippen MR) is 119 cm³/mol. The average molecular weight is 424 g/mol. The molecule has 5 heteroatoms. The molecule has 0 amide bonds. The zero-order valence-corrected chi connectivity index (χ0v) is 18.1. The monoisotopic (exact) mass is 423 g/mol. The maximum absolute atomic E-state index is 10.6. The normalized spacial score (nSPS) is 9.97. The Labute approximate surface area is 181 Å². The molecule has 0 aliphatic heterocycles. The van der Waals surface area contributed by atoms with Gasteiger partial charge in [-0.1, -0.05) is 54.6 Å². The van der Waals surface area contributed by atoms with Crippen molar-refractivity contribution in [3.63, 3.8) is 0 Å². The highest BCUT2D eigenvalue weighted by Crippen LogP contribution is 2.30. The summed E-state index contributed by atoms with van der Waals surface area (Å²) in [4.78, 5) is 25.3. The Morgan fingerprint density at radius 1 is 0.600 bits per heavy atom. The highest BCUT2D eigenvalue weighted by molar-refractivity contribution is 7.97. The van der Waals surface area contributed by atoms with Gasteiger partial charge in [0.25, 0.3) is 0 Å². The Bertz CT molecular complexity index is 773. The molecular formula is C25H27O4S+. The summed E-state index contributed by atoms with van der Waals surface area (Å²) in [5.41, 5.74) is 0. The van der Waals surface area contributed by atoms with E-state index in [0.29, 0.717) is 0 Å². The average Bonchev–Trinajstić information content (AvgIpc) is 2.77. The van der Waals surface area contributed by atoms with Crippen LogP contribution in [0.25, 0.3) is 0 Å². The fourth-order valence-electron chi connectivity index (χ4n) is 2.62. The summed E-state index contributed by atoms with van der Waals surface area (Å²) in [7, 11) is -0.0146. The minimum Gasteiger partial charge on any atom is -0.466 e. The van der Waals surface area contributed by atoms with Gasteiger partial charge in [-0.05, 0) is 50.2 Å².